The van der Waals surface area contributed by atoms with Crippen molar-refractivity contribution >= 4 is 29.3 Å². The van der Waals surface area contributed by atoms with Gasteiger partial charge in [-0.15, -0.1) is 0 Å². The monoisotopic (exact) mass is 322 g/mol. The van der Waals surface area contributed by atoms with Crippen LogP contribution in [0.15, 0.2) is 0 Å². The van der Waals surface area contributed by atoms with E-state index in [1.807, 2.05) is 0 Å². The molecule has 0 heterocycles. The predicted molar refractivity (Wildman–Crippen MR) is 59.2 cm³/mol. The summed E-state index contributed by atoms with van der Waals surface area (Å²) < 4.78 is 68.6. The van der Waals surface area contributed by atoms with Gasteiger partial charge in [0, 0.05) is 0 Å². The SMILES string of the molecule is COC(=O)[C@H](C(F)(F)F)C(F)(F)SC(C(C)=O)C(C)=O. The van der Waals surface area contributed by atoms with Crippen LogP contribution >= 0.6 is 11.8 Å². The number of hydrogen-bond donors (Lipinski definition) is 0. The van der Waals surface area contributed by atoms with E-state index < -0.39 is 51.9 Å². The zero-order chi connectivity index (χ0) is 16.3. The van der Waals surface area contributed by atoms with Crippen molar-refractivity contribution in [3.8, 4) is 0 Å². The Balaban J connectivity index is 5.49. The second-order valence-corrected chi connectivity index (χ2v) is 5.03. The van der Waals surface area contributed by atoms with Gasteiger partial charge in [0.15, 0.2) is 0 Å². The van der Waals surface area contributed by atoms with Crippen LogP contribution in [0.1, 0.15) is 13.8 Å². The summed E-state index contributed by atoms with van der Waals surface area (Å²) in [5.41, 5.74) is 0. The number of hydrogen-bond acceptors (Lipinski definition) is 5. The van der Waals surface area contributed by atoms with Crippen LogP contribution in [0.4, 0.5) is 22.0 Å². The lowest BCUT2D eigenvalue weighted by atomic mass is 10.1. The zero-order valence-corrected chi connectivity index (χ0v) is 11.4. The number of alkyl halides is 5. The molecule has 0 amide bonds. The third kappa shape index (κ3) is 4.73. The van der Waals surface area contributed by atoms with Gasteiger partial charge in [-0.2, -0.15) is 22.0 Å². The standard InChI is InChI=1S/C10H11F5O4S/c1-4(16)6(5(2)17)20-10(14,15)7(8(18)19-3)9(11,12)13/h6-7H,1-3H3/t7-/m1/s1. The zero-order valence-electron chi connectivity index (χ0n) is 10.6. The van der Waals surface area contributed by atoms with Crippen LogP contribution in [-0.2, 0) is 19.1 Å². The highest BCUT2D eigenvalue weighted by atomic mass is 32.2. The normalized spacial score (nSPS) is 14.1. The fourth-order valence-corrected chi connectivity index (χ4v) is 2.27. The minimum atomic E-state index is -5.58. The maximum atomic E-state index is 13.6. The number of Topliss-reactive ketones (excluding diaryl/α,β-unsaturated/α-hetero) is 2. The minimum absolute atomic E-state index is 0.523. The van der Waals surface area contributed by atoms with Crippen molar-refractivity contribution in [2.24, 2.45) is 5.92 Å². The molecule has 0 radical (unpaired) electrons. The minimum Gasteiger partial charge on any atom is -0.468 e. The van der Waals surface area contributed by atoms with Gasteiger partial charge in [-0.3, -0.25) is 14.4 Å². The van der Waals surface area contributed by atoms with Gasteiger partial charge in [0.2, 0.25) is 5.92 Å². The van der Waals surface area contributed by atoms with Crippen LogP contribution in [0.5, 0.6) is 0 Å². The van der Waals surface area contributed by atoms with Crippen LogP contribution in [0.2, 0.25) is 0 Å². The largest absolute Gasteiger partial charge is 0.468 e. The van der Waals surface area contributed by atoms with Gasteiger partial charge >= 0.3 is 17.4 Å². The molecule has 0 aliphatic rings. The summed E-state index contributed by atoms with van der Waals surface area (Å²) in [6.45, 7) is 1.58. The second-order valence-electron chi connectivity index (χ2n) is 3.78. The number of carbonyl (C=O) groups excluding carboxylic acids is 3. The summed E-state index contributed by atoms with van der Waals surface area (Å²) in [5, 5.41) is -6.70. The number of rotatable bonds is 6. The van der Waals surface area contributed by atoms with Crippen LogP contribution in [-0.4, -0.2) is 41.3 Å². The molecule has 1 atom stereocenters. The van der Waals surface area contributed by atoms with E-state index >= 15 is 0 Å². The van der Waals surface area contributed by atoms with Crippen LogP contribution in [0, 0.1) is 5.92 Å². The van der Waals surface area contributed by atoms with Crippen molar-refractivity contribution in [1.29, 1.82) is 0 Å². The summed E-state index contributed by atoms with van der Waals surface area (Å²) in [4.78, 5) is 32.9. The molecule has 0 aliphatic carbocycles. The first-order chi connectivity index (χ1) is 8.84. The average Bonchev–Trinajstić information content (AvgIpc) is 2.22. The van der Waals surface area contributed by atoms with E-state index in [0.717, 1.165) is 13.8 Å². The number of halogens is 5. The molecule has 10 heteroatoms. The molecule has 0 N–H and O–H groups in total. The Kier molecular flexibility index (Phi) is 6.12. The molecule has 0 bridgehead atoms. The Labute approximate surface area is 115 Å². The highest BCUT2D eigenvalue weighted by Crippen LogP contribution is 2.47. The summed E-state index contributed by atoms with van der Waals surface area (Å²) in [6, 6.07) is 0. The number of methoxy groups -OCH3 is 1. The molecular formula is C10H11F5O4S. The van der Waals surface area contributed by atoms with Crippen molar-refractivity contribution in [2.75, 3.05) is 7.11 Å². The Morgan fingerprint density at radius 1 is 1.00 bits per heavy atom. The molecule has 0 spiro atoms. The molecule has 0 aromatic carbocycles. The fourth-order valence-electron chi connectivity index (χ4n) is 1.26. The summed E-state index contributed by atoms with van der Waals surface area (Å²) in [7, 11) is 0.523. The topological polar surface area (TPSA) is 60.4 Å². The molecule has 4 nitrogen and oxygen atoms in total. The molecule has 0 aromatic rings. The first-order valence-corrected chi connectivity index (χ1v) is 5.93. The smallest absolute Gasteiger partial charge is 0.409 e. The lowest BCUT2D eigenvalue weighted by Crippen LogP contribution is -2.45. The van der Waals surface area contributed by atoms with Crippen LogP contribution in [0.25, 0.3) is 0 Å². The molecule has 0 rings (SSSR count). The quantitative estimate of drug-likeness (QED) is 0.426. The summed E-state index contributed by atoms with van der Waals surface area (Å²) in [5.74, 6) is -8.02. The van der Waals surface area contributed by atoms with Crippen molar-refractivity contribution in [2.45, 2.75) is 30.5 Å². The number of carbonyl (C=O) groups is 3. The average molecular weight is 322 g/mol. The van der Waals surface area contributed by atoms with Crippen molar-refractivity contribution < 1.29 is 41.1 Å². The highest BCUT2D eigenvalue weighted by molar-refractivity contribution is 8.02. The van der Waals surface area contributed by atoms with E-state index in [0.29, 0.717) is 7.11 Å². The van der Waals surface area contributed by atoms with E-state index in [4.69, 9.17) is 0 Å². The van der Waals surface area contributed by atoms with E-state index in [9.17, 15) is 36.3 Å². The molecule has 0 aliphatic heterocycles. The number of ether oxygens (including phenoxy) is 1. The number of ketones is 2. The first-order valence-electron chi connectivity index (χ1n) is 5.05. The van der Waals surface area contributed by atoms with Crippen LogP contribution in [0.3, 0.4) is 0 Å². The third-order valence-electron chi connectivity index (χ3n) is 2.11. The van der Waals surface area contributed by atoms with Gasteiger partial charge in [-0.05, 0) is 13.8 Å². The molecule has 0 unspecified atom stereocenters. The maximum Gasteiger partial charge on any atom is 0.409 e. The molecule has 0 aromatic heterocycles. The number of esters is 1. The van der Waals surface area contributed by atoms with Gasteiger partial charge in [-0.25, -0.2) is 0 Å². The van der Waals surface area contributed by atoms with E-state index in [1.165, 1.54) is 0 Å². The van der Waals surface area contributed by atoms with Gasteiger partial charge < -0.3 is 4.74 Å². The predicted octanol–water partition coefficient (Wildman–Crippen LogP) is 2.21. The van der Waals surface area contributed by atoms with E-state index in [-0.39, 0.29) is 0 Å². The fraction of sp³-hybridized carbons (Fsp3) is 0.700. The lowest BCUT2D eigenvalue weighted by molar-refractivity contribution is -0.224. The Hall–Kier alpha value is -1.19. The number of thioether (sulfide) groups is 1. The van der Waals surface area contributed by atoms with Crippen molar-refractivity contribution in [3.63, 3.8) is 0 Å². The summed E-state index contributed by atoms with van der Waals surface area (Å²) >= 11 is -0.811. The molecule has 0 saturated heterocycles. The Bertz CT molecular complexity index is 393. The first kappa shape index (κ1) is 18.8. The lowest BCUT2D eigenvalue weighted by Gasteiger charge is -2.27. The molecule has 0 fully saturated rings. The van der Waals surface area contributed by atoms with Crippen molar-refractivity contribution in [1.82, 2.24) is 0 Å². The third-order valence-corrected chi connectivity index (χ3v) is 3.56. The van der Waals surface area contributed by atoms with Crippen molar-refractivity contribution in [3.05, 3.63) is 0 Å². The summed E-state index contributed by atoms with van der Waals surface area (Å²) in [6.07, 6.45) is -5.58. The highest BCUT2D eigenvalue weighted by Gasteiger charge is 2.62. The van der Waals surface area contributed by atoms with Gasteiger partial charge in [0.25, 0.3) is 0 Å². The maximum absolute atomic E-state index is 13.6. The molecule has 116 valence electrons. The van der Waals surface area contributed by atoms with E-state index in [1.54, 1.807) is 0 Å². The second kappa shape index (κ2) is 6.51. The molecule has 20 heavy (non-hydrogen) atoms. The van der Waals surface area contributed by atoms with Gasteiger partial charge in [0.05, 0.1) is 7.11 Å². The van der Waals surface area contributed by atoms with Gasteiger partial charge in [-0.1, -0.05) is 11.8 Å². The van der Waals surface area contributed by atoms with Crippen LogP contribution < -0.4 is 0 Å². The van der Waals surface area contributed by atoms with Gasteiger partial charge in [0.1, 0.15) is 16.8 Å². The Morgan fingerprint density at radius 2 is 1.40 bits per heavy atom. The molecule has 0 saturated carbocycles. The Morgan fingerprint density at radius 3 is 1.65 bits per heavy atom. The molecular weight excluding hydrogens is 311 g/mol. The van der Waals surface area contributed by atoms with E-state index in [2.05, 4.69) is 4.74 Å².